The Labute approximate surface area is 91.6 Å². The fourth-order valence-corrected chi connectivity index (χ4v) is 1.64. The molecule has 2 N–H and O–H groups in total. The Bertz CT molecular complexity index is 485. The lowest BCUT2D eigenvalue weighted by atomic mass is 10.3. The first kappa shape index (κ1) is 9.97. The van der Waals surface area contributed by atoms with Crippen LogP contribution in [0, 0.1) is 6.92 Å². The SMILES string of the molecule is Cc1nn(C)c(Cl)c1Cn1cc(N)nn1. The molecule has 0 amide bonds. The van der Waals surface area contributed by atoms with Crippen molar-refractivity contribution in [3.63, 3.8) is 0 Å². The molecule has 80 valence electrons. The van der Waals surface area contributed by atoms with Crippen LogP contribution < -0.4 is 5.73 Å². The van der Waals surface area contributed by atoms with E-state index >= 15 is 0 Å². The van der Waals surface area contributed by atoms with Gasteiger partial charge in [-0.05, 0) is 6.92 Å². The smallest absolute Gasteiger partial charge is 0.165 e. The summed E-state index contributed by atoms with van der Waals surface area (Å²) in [5.41, 5.74) is 7.29. The van der Waals surface area contributed by atoms with Gasteiger partial charge in [-0.3, -0.25) is 4.68 Å². The van der Waals surface area contributed by atoms with Crippen molar-refractivity contribution in [3.05, 3.63) is 22.6 Å². The minimum atomic E-state index is 0.396. The van der Waals surface area contributed by atoms with Crippen molar-refractivity contribution in [3.8, 4) is 0 Å². The highest BCUT2D eigenvalue weighted by molar-refractivity contribution is 6.30. The molecule has 0 aliphatic rings. The van der Waals surface area contributed by atoms with Gasteiger partial charge in [-0.1, -0.05) is 16.8 Å². The van der Waals surface area contributed by atoms with Crippen molar-refractivity contribution < 1.29 is 0 Å². The van der Waals surface area contributed by atoms with Crippen LogP contribution in [0.2, 0.25) is 5.15 Å². The quantitative estimate of drug-likeness (QED) is 0.814. The molecule has 0 spiro atoms. The summed E-state index contributed by atoms with van der Waals surface area (Å²) in [6.07, 6.45) is 1.66. The Kier molecular flexibility index (Phi) is 2.36. The van der Waals surface area contributed by atoms with Gasteiger partial charge in [-0.2, -0.15) is 5.10 Å². The summed E-state index contributed by atoms with van der Waals surface area (Å²) < 4.78 is 3.26. The maximum atomic E-state index is 6.08. The van der Waals surface area contributed by atoms with Crippen LogP contribution in [0.3, 0.4) is 0 Å². The van der Waals surface area contributed by atoms with Gasteiger partial charge in [0.2, 0.25) is 0 Å². The van der Waals surface area contributed by atoms with Crippen LogP contribution in [0.1, 0.15) is 11.3 Å². The predicted molar refractivity (Wildman–Crippen MR) is 56.5 cm³/mol. The fraction of sp³-hybridized carbons (Fsp3) is 0.375. The van der Waals surface area contributed by atoms with E-state index in [1.807, 2.05) is 6.92 Å². The highest BCUT2D eigenvalue weighted by atomic mass is 35.5. The van der Waals surface area contributed by atoms with Gasteiger partial charge < -0.3 is 5.73 Å². The minimum Gasteiger partial charge on any atom is -0.381 e. The Balaban J connectivity index is 2.31. The summed E-state index contributed by atoms with van der Waals surface area (Å²) in [5.74, 6) is 0.396. The summed E-state index contributed by atoms with van der Waals surface area (Å²) in [4.78, 5) is 0. The number of hydrogen-bond acceptors (Lipinski definition) is 4. The molecule has 0 atom stereocenters. The summed E-state index contributed by atoms with van der Waals surface area (Å²) in [7, 11) is 1.80. The molecule has 0 bridgehead atoms. The topological polar surface area (TPSA) is 74.5 Å². The third-order valence-corrected chi connectivity index (χ3v) is 2.62. The van der Waals surface area contributed by atoms with E-state index in [0.29, 0.717) is 17.5 Å². The number of nitrogen functional groups attached to an aromatic ring is 1. The average Bonchev–Trinajstić information content (AvgIpc) is 2.67. The Morgan fingerprint density at radius 3 is 2.73 bits per heavy atom. The van der Waals surface area contributed by atoms with Gasteiger partial charge in [0.15, 0.2) is 5.82 Å². The molecule has 2 heterocycles. The first-order valence-electron chi connectivity index (χ1n) is 4.41. The van der Waals surface area contributed by atoms with Crippen molar-refractivity contribution in [2.75, 3.05) is 5.73 Å². The zero-order valence-corrected chi connectivity index (χ0v) is 9.23. The van der Waals surface area contributed by atoms with E-state index < -0.39 is 0 Å². The van der Waals surface area contributed by atoms with Crippen LogP contribution in [-0.4, -0.2) is 24.8 Å². The minimum absolute atomic E-state index is 0.396. The van der Waals surface area contributed by atoms with Crippen LogP contribution in [0.4, 0.5) is 5.82 Å². The van der Waals surface area contributed by atoms with Gasteiger partial charge in [0.05, 0.1) is 18.4 Å². The second-order valence-corrected chi connectivity index (χ2v) is 3.68. The number of aromatic nitrogens is 5. The average molecular weight is 227 g/mol. The molecule has 0 unspecified atom stereocenters. The standard InChI is InChI=1S/C8H11ClN6/c1-5-6(8(9)14(2)12-5)3-15-4-7(10)11-13-15/h4H,3,10H2,1-2H3. The molecular formula is C8H11ClN6. The van der Waals surface area contributed by atoms with Crippen molar-refractivity contribution >= 4 is 17.4 Å². The van der Waals surface area contributed by atoms with E-state index in [1.54, 1.807) is 22.6 Å². The monoisotopic (exact) mass is 226 g/mol. The number of aryl methyl sites for hydroxylation is 2. The van der Waals surface area contributed by atoms with Gasteiger partial charge in [0.25, 0.3) is 0 Å². The third kappa shape index (κ3) is 1.80. The lowest BCUT2D eigenvalue weighted by Crippen LogP contribution is -2.01. The highest BCUT2D eigenvalue weighted by Crippen LogP contribution is 2.19. The third-order valence-electron chi connectivity index (χ3n) is 2.15. The van der Waals surface area contributed by atoms with Crippen molar-refractivity contribution in [1.29, 1.82) is 0 Å². The lowest BCUT2D eigenvalue weighted by Gasteiger charge is -1.99. The van der Waals surface area contributed by atoms with Gasteiger partial charge in [0, 0.05) is 12.6 Å². The summed E-state index contributed by atoms with van der Waals surface area (Å²) in [6.45, 7) is 2.43. The van der Waals surface area contributed by atoms with Gasteiger partial charge in [-0.25, -0.2) is 4.68 Å². The largest absolute Gasteiger partial charge is 0.381 e. The summed E-state index contributed by atoms with van der Waals surface area (Å²) in [6, 6.07) is 0. The molecule has 0 radical (unpaired) electrons. The molecule has 2 aromatic heterocycles. The molecule has 0 saturated heterocycles. The van der Waals surface area contributed by atoms with Crippen LogP contribution >= 0.6 is 11.6 Å². The van der Waals surface area contributed by atoms with Crippen molar-refractivity contribution in [2.24, 2.45) is 7.05 Å². The second kappa shape index (κ2) is 3.54. The number of nitrogens with two attached hydrogens (primary N) is 1. The first-order valence-corrected chi connectivity index (χ1v) is 4.79. The summed E-state index contributed by atoms with van der Waals surface area (Å²) >= 11 is 6.08. The van der Waals surface area contributed by atoms with E-state index in [2.05, 4.69) is 15.4 Å². The molecule has 0 aliphatic carbocycles. The number of nitrogens with zero attached hydrogens (tertiary/aromatic N) is 5. The fourth-order valence-electron chi connectivity index (χ4n) is 1.41. The zero-order valence-electron chi connectivity index (χ0n) is 8.48. The van der Waals surface area contributed by atoms with Gasteiger partial charge in [-0.15, -0.1) is 5.10 Å². The molecular weight excluding hydrogens is 216 g/mol. The molecule has 7 heteroatoms. The maximum absolute atomic E-state index is 6.08. The van der Waals surface area contributed by atoms with Gasteiger partial charge >= 0.3 is 0 Å². The number of rotatable bonds is 2. The normalized spacial score (nSPS) is 10.9. The predicted octanol–water partition coefficient (Wildman–Crippen LogP) is 0.604. The van der Waals surface area contributed by atoms with Crippen LogP contribution in [0.25, 0.3) is 0 Å². The maximum Gasteiger partial charge on any atom is 0.165 e. The van der Waals surface area contributed by atoms with Crippen LogP contribution in [0.15, 0.2) is 6.20 Å². The Morgan fingerprint density at radius 1 is 1.53 bits per heavy atom. The molecule has 0 aromatic carbocycles. The van der Waals surface area contributed by atoms with Crippen LogP contribution in [0.5, 0.6) is 0 Å². The van der Waals surface area contributed by atoms with E-state index in [1.165, 1.54) is 0 Å². The lowest BCUT2D eigenvalue weighted by molar-refractivity contribution is 0.647. The number of hydrogen-bond donors (Lipinski definition) is 1. The molecule has 0 fully saturated rings. The zero-order chi connectivity index (χ0) is 11.0. The van der Waals surface area contributed by atoms with Crippen molar-refractivity contribution in [2.45, 2.75) is 13.5 Å². The van der Waals surface area contributed by atoms with Crippen LogP contribution in [-0.2, 0) is 13.6 Å². The molecule has 2 rings (SSSR count). The molecule has 15 heavy (non-hydrogen) atoms. The summed E-state index contributed by atoms with van der Waals surface area (Å²) in [5, 5.41) is 12.4. The number of halogens is 1. The highest BCUT2D eigenvalue weighted by Gasteiger charge is 2.12. The number of anilines is 1. The molecule has 2 aromatic rings. The molecule has 0 saturated carbocycles. The second-order valence-electron chi connectivity index (χ2n) is 3.32. The van der Waals surface area contributed by atoms with Gasteiger partial charge in [0.1, 0.15) is 5.15 Å². The van der Waals surface area contributed by atoms with E-state index in [-0.39, 0.29) is 0 Å². The van der Waals surface area contributed by atoms with E-state index in [9.17, 15) is 0 Å². The molecule has 6 nitrogen and oxygen atoms in total. The Morgan fingerprint density at radius 2 is 2.27 bits per heavy atom. The van der Waals surface area contributed by atoms with E-state index in [0.717, 1.165) is 11.3 Å². The first-order chi connectivity index (χ1) is 7.08. The molecule has 0 aliphatic heterocycles. The van der Waals surface area contributed by atoms with E-state index in [4.69, 9.17) is 17.3 Å². The van der Waals surface area contributed by atoms with Crippen molar-refractivity contribution in [1.82, 2.24) is 24.8 Å². The Hall–Kier alpha value is -1.56.